The molecule has 188 valence electrons. The fraction of sp³-hybridized carbons (Fsp3) is 0.148. The highest BCUT2D eigenvalue weighted by molar-refractivity contribution is 8.00. The smallest absolute Gasteiger partial charge is 0.322 e. The Morgan fingerprint density at radius 1 is 0.865 bits per heavy atom. The Labute approximate surface area is 216 Å². The molecule has 3 amide bonds. The molecule has 37 heavy (non-hydrogen) atoms. The van der Waals surface area contributed by atoms with E-state index in [0.717, 1.165) is 27.6 Å². The molecule has 5 rings (SSSR count). The van der Waals surface area contributed by atoms with E-state index in [0.29, 0.717) is 37.8 Å². The number of para-hydroxylation sites is 1. The number of hydrogen-bond donors (Lipinski definition) is 2. The van der Waals surface area contributed by atoms with Gasteiger partial charge in [-0.25, -0.2) is 13.6 Å². The molecule has 0 unspecified atom stereocenters. The van der Waals surface area contributed by atoms with E-state index in [9.17, 15) is 18.4 Å². The van der Waals surface area contributed by atoms with Crippen molar-refractivity contribution in [3.8, 4) is 0 Å². The summed E-state index contributed by atoms with van der Waals surface area (Å²) in [6.07, 6.45) is 1.77. The Hall–Kier alpha value is -4.18. The number of nitrogens with zero attached hydrogens (tertiary/aromatic N) is 3. The summed E-state index contributed by atoms with van der Waals surface area (Å²) in [6.45, 7) is 1.30. The van der Waals surface area contributed by atoms with Crippen LogP contribution >= 0.6 is 11.9 Å². The van der Waals surface area contributed by atoms with E-state index in [1.54, 1.807) is 23.2 Å². The molecule has 1 saturated heterocycles. The van der Waals surface area contributed by atoms with Crippen LogP contribution in [0, 0.1) is 11.6 Å². The maximum atomic E-state index is 13.8. The summed E-state index contributed by atoms with van der Waals surface area (Å²) >= 11 is 1.46. The zero-order valence-electron chi connectivity index (χ0n) is 19.7. The molecule has 3 aromatic carbocycles. The van der Waals surface area contributed by atoms with Crippen molar-refractivity contribution >= 4 is 46.2 Å². The lowest BCUT2D eigenvalue weighted by Gasteiger charge is -2.34. The number of halogens is 2. The Bertz CT molecular complexity index is 1440. The third-order valence-corrected chi connectivity index (χ3v) is 6.92. The van der Waals surface area contributed by atoms with Gasteiger partial charge >= 0.3 is 6.03 Å². The molecule has 0 aliphatic carbocycles. The van der Waals surface area contributed by atoms with E-state index in [4.69, 9.17) is 0 Å². The highest BCUT2D eigenvalue weighted by Crippen LogP contribution is 2.27. The average molecular weight is 520 g/mol. The SMILES string of the molecule is O=C(Nc1ccc(F)cc1F)N1CCN(C(=O)c2ccc(NSc3cccc4cccnc34)cc2)CC1. The number of carbonyl (C=O) groups is 2. The molecule has 7 nitrogen and oxygen atoms in total. The average Bonchev–Trinajstić information content (AvgIpc) is 2.93. The molecule has 1 fully saturated rings. The van der Waals surface area contributed by atoms with E-state index in [2.05, 4.69) is 15.0 Å². The minimum absolute atomic E-state index is 0.0894. The van der Waals surface area contributed by atoms with Crippen molar-refractivity contribution in [2.24, 2.45) is 0 Å². The number of carbonyl (C=O) groups excluding carboxylic acids is 2. The molecule has 0 radical (unpaired) electrons. The molecule has 2 N–H and O–H groups in total. The van der Waals surface area contributed by atoms with Crippen molar-refractivity contribution in [3.05, 3.63) is 96.2 Å². The first-order valence-corrected chi connectivity index (χ1v) is 12.5. The van der Waals surface area contributed by atoms with Crippen LogP contribution < -0.4 is 10.0 Å². The van der Waals surface area contributed by atoms with E-state index >= 15 is 0 Å². The monoisotopic (exact) mass is 519 g/mol. The standard InChI is InChI=1S/C27H23F2N5O2S/c28-20-8-11-23(22(29)17-20)31-27(36)34-15-13-33(14-16-34)26(35)19-6-9-21(10-7-19)32-37-24-5-1-3-18-4-2-12-30-25(18)24/h1-12,17,32H,13-16H2,(H,31,36). The molecule has 0 saturated carbocycles. The van der Waals surface area contributed by atoms with Crippen LogP contribution in [0.2, 0.25) is 0 Å². The molecule has 10 heteroatoms. The Balaban J connectivity index is 1.14. The summed E-state index contributed by atoms with van der Waals surface area (Å²) in [5, 5.41) is 3.52. The maximum Gasteiger partial charge on any atom is 0.322 e. The Morgan fingerprint density at radius 2 is 1.59 bits per heavy atom. The molecule has 2 heterocycles. The quantitative estimate of drug-likeness (QED) is 0.335. The van der Waals surface area contributed by atoms with Gasteiger partial charge in [-0.05, 0) is 60.5 Å². The molecule has 0 spiro atoms. The number of aromatic nitrogens is 1. The molecule has 1 aliphatic heterocycles. The first kappa shape index (κ1) is 24.5. The molecule has 0 atom stereocenters. The Kier molecular flexibility index (Phi) is 7.18. The number of urea groups is 1. The van der Waals surface area contributed by atoms with Gasteiger partial charge < -0.3 is 19.8 Å². The van der Waals surface area contributed by atoms with Gasteiger partial charge in [0.1, 0.15) is 11.6 Å². The van der Waals surface area contributed by atoms with Gasteiger partial charge in [0.05, 0.1) is 16.1 Å². The predicted octanol–water partition coefficient (Wildman–Crippen LogP) is 5.62. The third kappa shape index (κ3) is 5.64. The summed E-state index contributed by atoms with van der Waals surface area (Å²) < 4.78 is 30.2. The number of piperazine rings is 1. The number of rotatable bonds is 5. The van der Waals surface area contributed by atoms with Crippen LogP contribution in [0.1, 0.15) is 10.4 Å². The lowest BCUT2D eigenvalue weighted by Crippen LogP contribution is -2.51. The van der Waals surface area contributed by atoms with Crippen molar-refractivity contribution in [1.82, 2.24) is 14.8 Å². The third-order valence-electron chi connectivity index (χ3n) is 6.03. The topological polar surface area (TPSA) is 77.6 Å². The lowest BCUT2D eigenvalue weighted by molar-refractivity contribution is 0.0671. The summed E-state index contributed by atoms with van der Waals surface area (Å²) in [4.78, 5) is 34.1. The number of hydrogen-bond acceptors (Lipinski definition) is 5. The van der Waals surface area contributed by atoms with Crippen LogP contribution in [0.5, 0.6) is 0 Å². The van der Waals surface area contributed by atoms with Crippen LogP contribution in [0.15, 0.2) is 83.9 Å². The van der Waals surface area contributed by atoms with Gasteiger partial charge in [-0.2, -0.15) is 0 Å². The highest BCUT2D eigenvalue weighted by Gasteiger charge is 2.25. The molecular weight excluding hydrogens is 496 g/mol. The second kappa shape index (κ2) is 10.8. The van der Waals surface area contributed by atoms with Crippen molar-refractivity contribution in [3.63, 3.8) is 0 Å². The normalized spacial score (nSPS) is 13.5. The predicted molar refractivity (Wildman–Crippen MR) is 141 cm³/mol. The number of pyridine rings is 1. The van der Waals surface area contributed by atoms with Gasteiger partial charge in [0, 0.05) is 55.1 Å². The van der Waals surface area contributed by atoms with Crippen molar-refractivity contribution in [2.75, 3.05) is 36.2 Å². The number of benzene rings is 3. The van der Waals surface area contributed by atoms with Gasteiger partial charge in [0.2, 0.25) is 0 Å². The summed E-state index contributed by atoms with van der Waals surface area (Å²) in [5.74, 6) is -1.68. The van der Waals surface area contributed by atoms with E-state index in [1.165, 1.54) is 22.9 Å². The van der Waals surface area contributed by atoms with Crippen LogP contribution in [-0.2, 0) is 0 Å². The maximum absolute atomic E-state index is 13.8. The first-order valence-electron chi connectivity index (χ1n) is 11.6. The Morgan fingerprint density at radius 3 is 2.35 bits per heavy atom. The van der Waals surface area contributed by atoms with E-state index in [1.807, 2.05) is 42.5 Å². The zero-order valence-corrected chi connectivity index (χ0v) is 20.5. The van der Waals surface area contributed by atoms with Crippen LogP contribution in [0.3, 0.4) is 0 Å². The molecule has 1 aliphatic rings. The van der Waals surface area contributed by atoms with Gasteiger partial charge in [0.25, 0.3) is 5.91 Å². The first-order chi connectivity index (χ1) is 18.0. The van der Waals surface area contributed by atoms with Crippen molar-refractivity contribution < 1.29 is 18.4 Å². The largest absolute Gasteiger partial charge is 0.335 e. The molecule has 1 aromatic heterocycles. The fourth-order valence-corrected chi connectivity index (χ4v) is 4.81. The van der Waals surface area contributed by atoms with Crippen LogP contribution in [0.4, 0.5) is 25.0 Å². The molecular formula is C27H23F2N5O2S. The lowest BCUT2D eigenvalue weighted by atomic mass is 10.1. The van der Waals surface area contributed by atoms with Gasteiger partial charge in [-0.15, -0.1) is 0 Å². The molecule has 4 aromatic rings. The number of anilines is 2. The minimum Gasteiger partial charge on any atom is -0.335 e. The fourth-order valence-electron chi connectivity index (χ4n) is 4.03. The van der Waals surface area contributed by atoms with E-state index in [-0.39, 0.29) is 11.6 Å². The number of nitrogens with one attached hydrogen (secondary N) is 2. The number of amides is 3. The number of fused-ring (bicyclic) bond motifs is 1. The van der Waals surface area contributed by atoms with Gasteiger partial charge in [-0.3, -0.25) is 9.78 Å². The van der Waals surface area contributed by atoms with Crippen LogP contribution in [-0.4, -0.2) is 52.9 Å². The second-order valence-corrected chi connectivity index (χ2v) is 9.29. The van der Waals surface area contributed by atoms with Crippen molar-refractivity contribution in [2.45, 2.75) is 4.90 Å². The van der Waals surface area contributed by atoms with Crippen molar-refractivity contribution in [1.29, 1.82) is 0 Å². The second-order valence-electron chi connectivity index (χ2n) is 8.45. The van der Waals surface area contributed by atoms with Gasteiger partial charge in [0.15, 0.2) is 0 Å². The summed E-state index contributed by atoms with van der Waals surface area (Å²) in [5.41, 5.74) is 2.23. The summed E-state index contributed by atoms with van der Waals surface area (Å²) in [7, 11) is 0. The zero-order chi connectivity index (χ0) is 25.8. The highest BCUT2D eigenvalue weighted by atomic mass is 32.2. The van der Waals surface area contributed by atoms with Gasteiger partial charge in [-0.1, -0.05) is 18.2 Å². The summed E-state index contributed by atoms with van der Waals surface area (Å²) in [6, 6.07) is 19.6. The molecule has 0 bridgehead atoms. The van der Waals surface area contributed by atoms with Crippen LogP contribution in [0.25, 0.3) is 10.9 Å². The van der Waals surface area contributed by atoms with E-state index < -0.39 is 17.7 Å². The minimum atomic E-state index is -0.840.